The van der Waals surface area contributed by atoms with Crippen LogP contribution in [-0.2, 0) is 9.59 Å². The highest BCUT2D eigenvalue weighted by molar-refractivity contribution is 6.34. The molecule has 0 fully saturated rings. The van der Waals surface area contributed by atoms with Gasteiger partial charge in [-0.2, -0.15) is 0 Å². The molecule has 0 saturated carbocycles. The zero-order chi connectivity index (χ0) is 11.3. The minimum Gasteiger partial charge on any atom is -0.335 e. The summed E-state index contributed by atoms with van der Waals surface area (Å²) in [7, 11) is 1.65. The van der Waals surface area contributed by atoms with Crippen LogP contribution in [0.25, 0.3) is 0 Å². The predicted molar refractivity (Wildman–Crippen MR) is 55.8 cm³/mol. The van der Waals surface area contributed by atoms with E-state index in [2.05, 4.69) is 0 Å². The van der Waals surface area contributed by atoms with Crippen LogP contribution in [0.15, 0.2) is 0 Å². The van der Waals surface area contributed by atoms with Crippen LogP contribution < -0.4 is 0 Å². The number of rotatable bonds is 3. The van der Waals surface area contributed by atoms with Crippen LogP contribution in [0.3, 0.4) is 0 Å². The molecule has 0 heterocycles. The maximum absolute atomic E-state index is 11.6. The van der Waals surface area contributed by atoms with E-state index < -0.39 is 11.8 Å². The van der Waals surface area contributed by atoms with E-state index in [9.17, 15) is 9.59 Å². The van der Waals surface area contributed by atoms with Gasteiger partial charge in [-0.15, -0.1) is 0 Å². The van der Waals surface area contributed by atoms with Gasteiger partial charge >= 0.3 is 11.8 Å². The maximum atomic E-state index is 11.6. The smallest absolute Gasteiger partial charge is 0.312 e. The molecule has 14 heavy (non-hydrogen) atoms. The van der Waals surface area contributed by atoms with Crippen LogP contribution in [0.5, 0.6) is 0 Å². The molecule has 0 rings (SSSR count). The Labute approximate surface area is 85.9 Å². The second-order valence-electron chi connectivity index (χ2n) is 3.49. The molecule has 0 aliphatic carbocycles. The average Bonchev–Trinajstić information content (AvgIpc) is 2.17. The molecule has 0 spiro atoms. The zero-order valence-corrected chi connectivity index (χ0v) is 9.70. The molecule has 0 radical (unpaired) electrons. The Kier molecular flexibility index (Phi) is 5.20. The fourth-order valence-corrected chi connectivity index (χ4v) is 1.03. The van der Waals surface area contributed by atoms with Gasteiger partial charge in [0.15, 0.2) is 0 Å². The van der Waals surface area contributed by atoms with E-state index in [0.717, 1.165) is 0 Å². The van der Waals surface area contributed by atoms with Gasteiger partial charge in [0, 0.05) is 26.2 Å². The molecule has 0 aliphatic heterocycles. The number of nitrogens with zero attached hydrogens (tertiary/aromatic N) is 2. The van der Waals surface area contributed by atoms with Crippen molar-refractivity contribution in [3.8, 4) is 0 Å². The predicted octanol–water partition coefficient (Wildman–Crippen LogP) is 0.722. The summed E-state index contributed by atoms with van der Waals surface area (Å²) >= 11 is 0. The average molecular weight is 200 g/mol. The first-order chi connectivity index (χ1) is 6.45. The molecule has 0 unspecified atom stereocenters. The van der Waals surface area contributed by atoms with Gasteiger partial charge in [0.25, 0.3) is 0 Å². The minimum atomic E-state index is -0.427. The van der Waals surface area contributed by atoms with Crippen molar-refractivity contribution >= 4 is 11.8 Å². The van der Waals surface area contributed by atoms with Crippen LogP contribution in [-0.4, -0.2) is 47.8 Å². The van der Waals surface area contributed by atoms with E-state index >= 15 is 0 Å². The van der Waals surface area contributed by atoms with Gasteiger partial charge in [0.05, 0.1) is 0 Å². The summed E-state index contributed by atoms with van der Waals surface area (Å²) in [5, 5.41) is 0. The Balaban J connectivity index is 4.45. The second kappa shape index (κ2) is 5.62. The summed E-state index contributed by atoms with van der Waals surface area (Å²) < 4.78 is 0. The molecular weight excluding hydrogens is 180 g/mol. The molecule has 0 atom stereocenters. The van der Waals surface area contributed by atoms with Gasteiger partial charge in [-0.25, -0.2) is 0 Å². The van der Waals surface area contributed by atoms with Gasteiger partial charge in [0.2, 0.25) is 0 Å². The van der Waals surface area contributed by atoms with Crippen molar-refractivity contribution in [1.82, 2.24) is 9.80 Å². The Bertz CT molecular complexity index is 198. The fraction of sp³-hybridized carbons (Fsp3) is 0.800. The van der Waals surface area contributed by atoms with Crippen LogP contribution in [0.2, 0.25) is 0 Å². The van der Waals surface area contributed by atoms with Crippen molar-refractivity contribution in [2.45, 2.75) is 33.7 Å². The highest BCUT2D eigenvalue weighted by atomic mass is 16.2. The molecule has 2 amide bonds. The summed E-state index contributed by atoms with van der Waals surface area (Å²) in [5.74, 6) is -0.838. The first kappa shape index (κ1) is 12.9. The molecule has 4 nitrogen and oxygen atoms in total. The van der Waals surface area contributed by atoms with Crippen molar-refractivity contribution in [3.63, 3.8) is 0 Å². The standard InChI is InChI=1S/C10H20N2O2/c1-6-12(7-2)10(14)9(13)11(5)8(3)4/h8H,6-7H2,1-5H3. The van der Waals surface area contributed by atoms with Crippen LogP contribution >= 0.6 is 0 Å². The monoisotopic (exact) mass is 200 g/mol. The van der Waals surface area contributed by atoms with E-state index in [1.165, 1.54) is 9.80 Å². The molecule has 0 aromatic heterocycles. The van der Waals surface area contributed by atoms with E-state index in [0.29, 0.717) is 13.1 Å². The summed E-state index contributed by atoms with van der Waals surface area (Å²) in [6.45, 7) is 8.65. The number of hydrogen-bond acceptors (Lipinski definition) is 2. The van der Waals surface area contributed by atoms with Crippen LogP contribution in [0.1, 0.15) is 27.7 Å². The number of amides is 2. The highest BCUT2D eigenvalue weighted by Gasteiger charge is 2.24. The molecule has 0 aromatic carbocycles. The SMILES string of the molecule is CCN(CC)C(=O)C(=O)N(C)C(C)C. The maximum Gasteiger partial charge on any atom is 0.312 e. The Morgan fingerprint density at radius 3 is 1.79 bits per heavy atom. The lowest BCUT2D eigenvalue weighted by atomic mass is 10.3. The summed E-state index contributed by atoms with van der Waals surface area (Å²) in [6.07, 6.45) is 0. The Morgan fingerprint density at radius 2 is 1.50 bits per heavy atom. The number of carbonyl (C=O) groups is 2. The summed E-state index contributed by atoms with van der Waals surface area (Å²) in [5.41, 5.74) is 0. The molecule has 0 aliphatic rings. The number of carbonyl (C=O) groups excluding carboxylic acids is 2. The lowest BCUT2D eigenvalue weighted by Gasteiger charge is -2.24. The first-order valence-corrected chi connectivity index (χ1v) is 5.01. The topological polar surface area (TPSA) is 40.6 Å². The molecule has 4 heteroatoms. The minimum absolute atomic E-state index is 0.0574. The molecule has 0 aromatic rings. The lowest BCUT2D eigenvalue weighted by Crippen LogP contribution is -2.45. The number of hydrogen-bond donors (Lipinski definition) is 0. The molecule has 82 valence electrons. The third-order valence-corrected chi connectivity index (χ3v) is 2.33. The molecule has 0 N–H and O–H groups in total. The third-order valence-electron chi connectivity index (χ3n) is 2.33. The van der Waals surface area contributed by atoms with Gasteiger partial charge in [-0.05, 0) is 27.7 Å². The quantitative estimate of drug-likeness (QED) is 0.630. The summed E-state index contributed by atoms with van der Waals surface area (Å²) in [4.78, 5) is 26.2. The Hall–Kier alpha value is -1.06. The van der Waals surface area contributed by atoms with E-state index in [1.54, 1.807) is 7.05 Å². The van der Waals surface area contributed by atoms with Crippen molar-refractivity contribution in [1.29, 1.82) is 0 Å². The highest BCUT2D eigenvalue weighted by Crippen LogP contribution is 1.98. The van der Waals surface area contributed by atoms with Crippen molar-refractivity contribution in [3.05, 3.63) is 0 Å². The van der Waals surface area contributed by atoms with Crippen LogP contribution in [0, 0.1) is 0 Å². The largest absolute Gasteiger partial charge is 0.335 e. The second-order valence-corrected chi connectivity index (χ2v) is 3.49. The fourth-order valence-electron chi connectivity index (χ4n) is 1.03. The van der Waals surface area contributed by atoms with Crippen molar-refractivity contribution in [2.75, 3.05) is 20.1 Å². The van der Waals surface area contributed by atoms with E-state index in [1.807, 2.05) is 27.7 Å². The van der Waals surface area contributed by atoms with Gasteiger partial charge in [0.1, 0.15) is 0 Å². The molecule has 0 saturated heterocycles. The van der Waals surface area contributed by atoms with Crippen LogP contribution in [0.4, 0.5) is 0 Å². The van der Waals surface area contributed by atoms with Gasteiger partial charge < -0.3 is 9.80 Å². The molecular formula is C10H20N2O2. The van der Waals surface area contributed by atoms with Gasteiger partial charge in [-0.3, -0.25) is 9.59 Å². The van der Waals surface area contributed by atoms with E-state index in [-0.39, 0.29) is 6.04 Å². The molecule has 0 bridgehead atoms. The third kappa shape index (κ3) is 3.01. The van der Waals surface area contributed by atoms with Gasteiger partial charge in [-0.1, -0.05) is 0 Å². The first-order valence-electron chi connectivity index (χ1n) is 5.01. The number of likely N-dealkylation sites (N-methyl/N-ethyl adjacent to an activating group) is 2. The summed E-state index contributed by atoms with van der Waals surface area (Å²) in [6, 6.07) is 0.0574. The lowest BCUT2D eigenvalue weighted by molar-refractivity contribution is -0.151. The van der Waals surface area contributed by atoms with E-state index in [4.69, 9.17) is 0 Å². The normalized spacial score (nSPS) is 10.1. The Morgan fingerprint density at radius 1 is 1.07 bits per heavy atom. The van der Waals surface area contributed by atoms with Crippen molar-refractivity contribution in [2.24, 2.45) is 0 Å². The zero-order valence-electron chi connectivity index (χ0n) is 9.70. The van der Waals surface area contributed by atoms with Crippen molar-refractivity contribution < 1.29 is 9.59 Å².